The molecule has 1 aliphatic heterocycles. The molecule has 1 saturated heterocycles. The van der Waals surface area contributed by atoms with Gasteiger partial charge in [0.25, 0.3) is 0 Å². The summed E-state index contributed by atoms with van der Waals surface area (Å²) in [7, 11) is 0. The molecular formula is C25H33ClN2O5. The molecule has 8 heteroatoms. The van der Waals surface area contributed by atoms with Crippen LogP contribution in [-0.2, 0) is 19.1 Å². The highest BCUT2D eigenvalue weighted by Gasteiger charge is 2.57. The summed E-state index contributed by atoms with van der Waals surface area (Å²) >= 11 is 6.32. The fraction of sp³-hybridized carbons (Fsp3) is 0.560. The summed E-state index contributed by atoms with van der Waals surface area (Å²) in [6.07, 6.45) is 5.84. The van der Waals surface area contributed by atoms with Crippen LogP contribution in [0.25, 0.3) is 0 Å². The van der Waals surface area contributed by atoms with Gasteiger partial charge < -0.3 is 20.1 Å². The number of anilines is 1. The second-order valence-corrected chi connectivity index (χ2v) is 9.10. The van der Waals surface area contributed by atoms with Crippen LogP contribution in [0, 0.1) is 30.6 Å². The predicted octanol–water partition coefficient (Wildman–Crippen LogP) is 3.58. The van der Waals surface area contributed by atoms with E-state index in [0.29, 0.717) is 17.1 Å². The number of nitrogens with zero attached hydrogens (tertiary/aromatic N) is 1. The number of hydrogen-bond acceptors (Lipinski definition) is 5. The number of benzene rings is 1. The number of halogens is 1. The van der Waals surface area contributed by atoms with Gasteiger partial charge in [0.15, 0.2) is 0 Å². The van der Waals surface area contributed by atoms with Gasteiger partial charge in [0, 0.05) is 19.1 Å². The average Bonchev–Trinajstić information content (AvgIpc) is 3.06. The normalized spacial score (nSPS) is 26.3. The van der Waals surface area contributed by atoms with Gasteiger partial charge in [0.1, 0.15) is 6.04 Å². The molecule has 3 rings (SSSR count). The number of aliphatic hydroxyl groups excluding tert-OH is 1. The van der Waals surface area contributed by atoms with E-state index in [-0.39, 0.29) is 37.5 Å². The van der Waals surface area contributed by atoms with E-state index in [1.54, 1.807) is 19.1 Å². The lowest BCUT2D eigenvalue weighted by molar-refractivity contribution is -0.155. The standard InChI is InChI=1S/C25H33ClN2O5/c1-4-8-16-11-12-17-20(19(16)25(32)33-5-2)24(31)28(13-7-14-29)22(17)23(30)27-21-15(3)9-6-10-18(21)26/h6,9-12,16-17,19-20,22,29H,4-5,7-8,13-14H2,1-3H3,(H,27,30)/t16-,17+,19-,20+,22+/m1/s1. The van der Waals surface area contributed by atoms with Gasteiger partial charge in [-0.05, 0) is 44.2 Å². The van der Waals surface area contributed by atoms with E-state index in [9.17, 15) is 19.5 Å². The monoisotopic (exact) mass is 476 g/mol. The highest BCUT2D eigenvalue weighted by atomic mass is 35.5. The summed E-state index contributed by atoms with van der Waals surface area (Å²) in [6, 6.07) is 4.54. The smallest absolute Gasteiger partial charge is 0.310 e. The number of aryl methyl sites for hydroxylation is 1. The van der Waals surface area contributed by atoms with Crippen molar-refractivity contribution in [2.45, 2.75) is 46.1 Å². The van der Waals surface area contributed by atoms with Crippen LogP contribution < -0.4 is 5.32 Å². The Kier molecular flexibility index (Phi) is 8.54. The first kappa shape index (κ1) is 25.2. The molecule has 1 aromatic carbocycles. The van der Waals surface area contributed by atoms with Crippen LogP contribution in [0.4, 0.5) is 5.69 Å². The van der Waals surface area contributed by atoms with Crippen LogP contribution in [0.1, 0.15) is 38.7 Å². The minimum Gasteiger partial charge on any atom is -0.466 e. The van der Waals surface area contributed by atoms with Gasteiger partial charge in [-0.25, -0.2) is 0 Å². The summed E-state index contributed by atoms with van der Waals surface area (Å²) in [6.45, 7) is 5.98. The first-order valence-corrected chi connectivity index (χ1v) is 12.1. The molecule has 180 valence electrons. The van der Waals surface area contributed by atoms with Gasteiger partial charge in [-0.2, -0.15) is 0 Å². The number of nitrogens with one attached hydrogen (secondary N) is 1. The minimum absolute atomic E-state index is 0.104. The number of allylic oxidation sites excluding steroid dienone is 1. The average molecular weight is 477 g/mol. The number of fused-ring (bicyclic) bond motifs is 1. The zero-order valence-corrected chi connectivity index (χ0v) is 20.2. The quantitative estimate of drug-likeness (QED) is 0.419. The number of hydrogen-bond donors (Lipinski definition) is 2. The maximum Gasteiger partial charge on any atom is 0.310 e. The number of carbonyl (C=O) groups is 3. The van der Waals surface area contributed by atoms with Gasteiger partial charge >= 0.3 is 5.97 Å². The zero-order chi connectivity index (χ0) is 24.1. The van der Waals surface area contributed by atoms with Crippen LogP contribution in [-0.4, -0.2) is 53.6 Å². The van der Waals surface area contributed by atoms with Crippen molar-refractivity contribution in [1.82, 2.24) is 4.90 Å². The van der Waals surface area contributed by atoms with E-state index in [0.717, 1.165) is 18.4 Å². The second-order valence-electron chi connectivity index (χ2n) is 8.69. The van der Waals surface area contributed by atoms with Crippen LogP contribution in [0.3, 0.4) is 0 Å². The van der Waals surface area contributed by atoms with Crippen LogP contribution in [0.5, 0.6) is 0 Å². The summed E-state index contributed by atoms with van der Waals surface area (Å²) in [5.74, 6) is -2.89. The molecule has 33 heavy (non-hydrogen) atoms. The Bertz CT molecular complexity index is 898. The summed E-state index contributed by atoms with van der Waals surface area (Å²) in [5, 5.41) is 12.7. The van der Waals surface area contributed by atoms with Crippen LogP contribution >= 0.6 is 11.6 Å². The molecule has 7 nitrogen and oxygen atoms in total. The Balaban J connectivity index is 1.99. The fourth-order valence-electron chi connectivity index (χ4n) is 5.14. The first-order valence-electron chi connectivity index (χ1n) is 11.7. The molecule has 0 unspecified atom stereocenters. The van der Waals surface area contributed by atoms with Crippen molar-refractivity contribution >= 4 is 35.1 Å². The molecule has 5 atom stereocenters. The molecule has 0 saturated carbocycles. The third-order valence-corrected chi connectivity index (χ3v) is 6.90. The number of carbonyl (C=O) groups excluding carboxylic acids is 3. The third-order valence-electron chi connectivity index (χ3n) is 6.59. The highest BCUT2D eigenvalue weighted by Crippen LogP contribution is 2.46. The number of esters is 1. The number of para-hydroxylation sites is 1. The number of aliphatic hydroxyl groups is 1. The van der Waals surface area contributed by atoms with Gasteiger partial charge in [-0.1, -0.05) is 49.2 Å². The van der Waals surface area contributed by atoms with E-state index in [4.69, 9.17) is 16.3 Å². The van der Waals surface area contributed by atoms with E-state index in [1.165, 1.54) is 4.90 Å². The van der Waals surface area contributed by atoms with E-state index in [1.807, 2.05) is 32.1 Å². The lowest BCUT2D eigenvalue weighted by atomic mass is 9.69. The first-order chi connectivity index (χ1) is 15.8. The molecule has 0 bridgehead atoms. The molecule has 0 aromatic heterocycles. The summed E-state index contributed by atoms with van der Waals surface area (Å²) < 4.78 is 5.35. The van der Waals surface area contributed by atoms with E-state index in [2.05, 4.69) is 5.32 Å². The van der Waals surface area contributed by atoms with Crippen molar-refractivity contribution < 1.29 is 24.2 Å². The molecule has 0 radical (unpaired) electrons. The van der Waals surface area contributed by atoms with Gasteiger partial charge in [-0.15, -0.1) is 0 Å². The van der Waals surface area contributed by atoms with Crippen molar-refractivity contribution in [2.75, 3.05) is 25.1 Å². The van der Waals surface area contributed by atoms with Crippen molar-refractivity contribution in [3.05, 3.63) is 40.9 Å². The third kappa shape index (κ3) is 5.09. The highest BCUT2D eigenvalue weighted by molar-refractivity contribution is 6.34. The molecule has 2 N–H and O–H groups in total. The van der Waals surface area contributed by atoms with E-state index < -0.39 is 29.8 Å². The van der Waals surface area contributed by atoms with Crippen molar-refractivity contribution in [2.24, 2.45) is 23.7 Å². The Morgan fingerprint density at radius 2 is 2.00 bits per heavy atom. The van der Waals surface area contributed by atoms with Crippen molar-refractivity contribution in [3.63, 3.8) is 0 Å². The van der Waals surface area contributed by atoms with Crippen LogP contribution in [0.15, 0.2) is 30.4 Å². The number of likely N-dealkylation sites (tertiary alicyclic amines) is 1. The molecular weight excluding hydrogens is 444 g/mol. The summed E-state index contributed by atoms with van der Waals surface area (Å²) in [5.41, 5.74) is 1.32. The SMILES string of the molecule is CCC[C@@H]1C=C[C@H]2[C@H](C(=O)N(CCCO)[C@@H]2C(=O)Nc2c(C)cccc2Cl)[C@@H]1C(=O)OCC. The molecule has 1 heterocycles. The zero-order valence-electron chi connectivity index (χ0n) is 19.4. The molecule has 1 fully saturated rings. The van der Waals surface area contributed by atoms with Gasteiger partial charge in [0.2, 0.25) is 11.8 Å². The summed E-state index contributed by atoms with van der Waals surface area (Å²) in [4.78, 5) is 41.6. The number of ether oxygens (including phenoxy) is 1. The Morgan fingerprint density at radius 3 is 2.64 bits per heavy atom. The van der Waals surface area contributed by atoms with Gasteiger partial charge in [-0.3, -0.25) is 14.4 Å². The Hall–Kier alpha value is -2.38. The lowest BCUT2D eigenvalue weighted by Crippen LogP contribution is -2.45. The fourth-order valence-corrected chi connectivity index (χ4v) is 5.40. The number of amides is 2. The number of rotatable bonds is 9. The van der Waals surface area contributed by atoms with E-state index >= 15 is 0 Å². The van der Waals surface area contributed by atoms with Crippen molar-refractivity contribution in [3.8, 4) is 0 Å². The minimum atomic E-state index is -0.805. The molecule has 0 spiro atoms. The van der Waals surface area contributed by atoms with Gasteiger partial charge in [0.05, 0.1) is 29.2 Å². The maximum absolute atomic E-state index is 13.6. The lowest BCUT2D eigenvalue weighted by Gasteiger charge is -2.33. The molecule has 1 aromatic rings. The predicted molar refractivity (Wildman–Crippen MR) is 127 cm³/mol. The largest absolute Gasteiger partial charge is 0.466 e. The molecule has 1 aliphatic carbocycles. The Labute approximate surface area is 200 Å². The molecule has 2 aliphatic rings. The second kappa shape index (κ2) is 11.2. The molecule has 2 amide bonds. The van der Waals surface area contributed by atoms with Crippen LogP contribution in [0.2, 0.25) is 5.02 Å². The topological polar surface area (TPSA) is 95.9 Å². The maximum atomic E-state index is 13.6. The Morgan fingerprint density at radius 1 is 1.24 bits per heavy atom. The van der Waals surface area contributed by atoms with Crippen molar-refractivity contribution in [1.29, 1.82) is 0 Å².